The minimum Gasteiger partial charge on any atom is -0.495 e. The second-order valence-corrected chi connectivity index (χ2v) is 6.72. The van der Waals surface area contributed by atoms with E-state index >= 15 is 0 Å². The number of anilines is 2. The van der Waals surface area contributed by atoms with Gasteiger partial charge in [-0.3, -0.25) is 0 Å². The minimum atomic E-state index is -0.198. The molecule has 6 nitrogen and oxygen atoms in total. The van der Waals surface area contributed by atoms with Crippen molar-refractivity contribution in [2.75, 3.05) is 25.6 Å². The molecule has 4 N–H and O–H groups in total. The van der Waals surface area contributed by atoms with Crippen LogP contribution in [-0.4, -0.2) is 21.3 Å². The molecule has 1 aromatic rings. The number of hydrogen-bond donors (Lipinski definition) is 2. The van der Waals surface area contributed by atoms with E-state index in [0.717, 1.165) is 5.70 Å². The summed E-state index contributed by atoms with van der Waals surface area (Å²) in [4.78, 5) is 0. The first kappa shape index (κ1) is 14.5. The molecule has 0 atom stereocenters. The smallest absolute Gasteiger partial charge is 0.144 e. The van der Waals surface area contributed by atoms with Crippen molar-refractivity contribution in [3.63, 3.8) is 0 Å². The number of allylic oxidation sites excluding steroid dienone is 3. The van der Waals surface area contributed by atoms with E-state index in [1.54, 1.807) is 19.2 Å². The first-order valence-electron chi connectivity index (χ1n) is 5.83. The fourth-order valence-electron chi connectivity index (χ4n) is 1.49. The van der Waals surface area contributed by atoms with Crippen molar-refractivity contribution in [3.05, 3.63) is 36.2 Å². The van der Waals surface area contributed by atoms with Crippen LogP contribution < -0.4 is 16.2 Å². The van der Waals surface area contributed by atoms with Crippen molar-refractivity contribution in [2.24, 2.45) is 10.2 Å². The van der Waals surface area contributed by atoms with Gasteiger partial charge in [0, 0.05) is 44.3 Å². The molecule has 0 amide bonds. The van der Waals surface area contributed by atoms with Gasteiger partial charge in [-0.2, -0.15) is 0 Å². The molecule has 1 heterocycles. The van der Waals surface area contributed by atoms with Gasteiger partial charge in [-0.25, -0.2) is 0 Å². The van der Waals surface area contributed by atoms with Gasteiger partial charge in [0.2, 0.25) is 0 Å². The molecule has 0 saturated carbocycles. The number of nitrogen functional groups attached to an aromatic ring is 2. The highest BCUT2D eigenvalue weighted by molar-refractivity contribution is 14.2. The number of nitrogens with zero attached hydrogens (tertiary/aromatic N) is 3. The van der Waals surface area contributed by atoms with E-state index in [4.69, 9.17) is 16.2 Å². The molecule has 0 saturated heterocycles. The molecule has 20 heavy (non-hydrogen) atoms. The molecule has 106 valence electrons. The van der Waals surface area contributed by atoms with Crippen LogP contribution in [0.1, 0.15) is 0 Å². The number of nitrogens with two attached hydrogens (primary N) is 2. The molecule has 7 heteroatoms. The van der Waals surface area contributed by atoms with Crippen molar-refractivity contribution >= 4 is 42.1 Å². The summed E-state index contributed by atoms with van der Waals surface area (Å²) in [5.41, 5.74) is 14.0. The van der Waals surface area contributed by atoms with Crippen molar-refractivity contribution < 1.29 is 4.74 Å². The summed E-state index contributed by atoms with van der Waals surface area (Å²) in [6.45, 7) is 0. The van der Waals surface area contributed by atoms with Crippen LogP contribution >= 0.6 is 21.0 Å². The van der Waals surface area contributed by atoms with E-state index in [0.29, 0.717) is 22.8 Å². The summed E-state index contributed by atoms with van der Waals surface area (Å²) in [5, 5.41) is 8.39. The number of halogens is 1. The molecular formula is C13H16IN5O. The van der Waals surface area contributed by atoms with Crippen LogP contribution in [0.15, 0.2) is 46.4 Å². The summed E-state index contributed by atoms with van der Waals surface area (Å²) >= 11 is -0.198. The first-order valence-corrected chi connectivity index (χ1v) is 8.04. The largest absolute Gasteiger partial charge is 0.495 e. The summed E-state index contributed by atoms with van der Waals surface area (Å²) in [5.74, 6) is 0.541. The molecule has 0 spiro atoms. The molecular weight excluding hydrogens is 369 g/mol. The van der Waals surface area contributed by atoms with Gasteiger partial charge in [0.25, 0.3) is 0 Å². The van der Waals surface area contributed by atoms with E-state index < -0.39 is 0 Å². The maximum absolute atomic E-state index is 5.88. The Hall–Kier alpha value is -1.90. The molecule has 1 aromatic carbocycles. The van der Waals surface area contributed by atoms with E-state index in [-0.39, 0.29) is 21.0 Å². The molecule has 2 rings (SSSR count). The van der Waals surface area contributed by atoms with Gasteiger partial charge >= 0.3 is 0 Å². The molecule has 0 aromatic heterocycles. The number of methoxy groups -OCH3 is 1. The first-order chi connectivity index (χ1) is 9.60. The fourth-order valence-corrected chi connectivity index (χ4v) is 2.92. The Morgan fingerprint density at radius 3 is 2.75 bits per heavy atom. The van der Waals surface area contributed by atoms with E-state index in [9.17, 15) is 0 Å². The molecule has 1 aliphatic rings. The van der Waals surface area contributed by atoms with Crippen molar-refractivity contribution in [1.82, 2.24) is 3.11 Å². The average molecular weight is 385 g/mol. The Kier molecular flexibility index (Phi) is 4.72. The average Bonchev–Trinajstić information content (AvgIpc) is 2.63. The number of hydrogen-bond acceptors (Lipinski definition) is 6. The Morgan fingerprint density at radius 1 is 1.20 bits per heavy atom. The number of rotatable bonds is 3. The second kappa shape index (κ2) is 6.51. The second-order valence-electron chi connectivity index (χ2n) is 4.02. The maximum Gasteiger partial charge on any atom is 0.144 e. The quantitative estimate of drug-likeness (QED) is 0.362. The van der Waals surface area contributed by atoms with Crippen LogP contribution in [0.2, 0.25) is 0 Å². The lowest BCUT2D eigenvalue weighted by Crippen LogP contribution is -1.95. The van der Waals surface area contributed by atoms with Crippen molar-refractivity contribution in [1.29, 1.82) is 0 Å². The Bertz CT molecular complexity index is 621. The van der Waals surface area contributed by atoms with Crippen molar-refractivity contribution in [3.8, 4) is 5.75 Å². The standard InChI is InChI=1S/C13H16IN5O/c1-19-5-3-4-9(8-14-19)17-18-12-7-13(20-2)11(16)6-10(12)15/h3-8H,15-16H2,1-2H3. The summed E-state index contributed by atoms with van der Waals surface area (Å²) < 4.78 is 9.39. The predicted molar refractivity (Wildman–Crippen MR) is 91.4 cm³/mol. The topological polar surface area (TPSA) is 89.2 Å². The van der Waals surface area contributed by atoms with Gasteiger partial charge in [0.05, 0.1) is 24.2 Å². The summed E-state index contributed by atoms with van der Waals surface area (Å²) in [6, 6.07) is 3.31. The summed E-state index contributed by atoms with van der Waals surface area (Å²) in [7, 11) is 3.59. The lowest BCUT2D eigenvalue weighted by molar-refractivity contribution is 0.417. The highest BCUT2D eigenvalue weighted by atomic mass is 127. The third-order valence-corrected chi connectivity index (χ3v) is 4.64. The van der Waals surface area contributed by atoms with Crippen molar-refractivity contribution in [2.45, 2.75) is 0 Å². The zero-order valence-corrected chi connectivity index (χ0v) is 13.4. The normalized spacial score (nSPS) is 14.9. The van der Waals surface area contributed by atoms with Gasteiger partial charge in [-0.05, 0) is 18.2 Å². The van der Waals surface area contributed by atoms with E-state index in [2.05, 4.69) is 17.4 Å². The van der Waals surface area contributed by atoms with Crippen LogP contribution in [0.4, 0.5) is 17.1 Å². The predicted octanol–water partition coefficient (Wildman–Crippen LogP) is 2.97. The Labute approximate surface area is 127 Å². The van der Waals surface area contributed by atoms with Gasteiger partial charge in [0.15, 0.2) is 0 Å². The number of ether oxygens (including phenoxy) is 1. The van der Waals surface area contributed by atoms with Crippen LogP contribution in [0.5, 0.6) is 5.75 Å². The molecule has 0 fully saturated rings. The molecule has 0 radical (unpaired) electrons. The lowest BCUT2D eigenvalue weighted by Gasteiger charge is -2.07. The third-order valence-electron chi connectivity index (χ3n) is 2.53. The van der Waals surface area contributed by atoms with Gasteiger partial charge in [-0.1, -0.05) is 0 Å². The summed E-state index contributed by atoms with van der Waals surface area (Å²) in [6.07, 6.45) is 5.88. The van der Waals surface area contributed by atoms with Crippen LogP contribution in [0.25, 0.3) is 0 Å². The maximum atomic E-state index is 5.88. The fraction of sp³-hybridized carbons (Fsp3) is 0.154. The highest BCUT2D eigenvalue weighted by Gasteiger charge is 2.05. The van der Waals surface area contributed by atoms with Crippen LogP contribution in [0, 0.1) is 0 Å². The highest BCUT2D eigenvalue weighted by Crippen LogP contribution is 2.33. The zero-order chi connectivity index (χ0) is 14.5. The zero-order valence-electron chi connectivity index (χ0n) is 11.2. The molecule has 0 unspecified atom stereocenters. The van der Waals surface area contributed by atoms with Crippen LogP contribution in [0.3, 0.4) is 0 Å². The van der Waals surface area contributed by atoms with E-state index in [1.807, 2.05) is 25.4 Å². The van der Waals surface area contributed by atoms with Crippen LogP contribution in [-0.2, 0) is 0 Å². The number of azo groups is 1. The SMILES string of the molecule is COc1cc(N=NC2=CC=CN(C)I=C2)c(N)cc1N. The molecule has 0 aliphatic carbocycles. The monoisotopic (exact) mass is 385 g/mol. The van der Waals surface area contributed by atoms with E-state index in [1.165, 1.54) is 0 Å². The van der Waals surface area contributed by atoms with Gasteiger partial charge in [0.1, 0.15) is 11.4 Å². The molecule has 1 aliphatic heterocycles. The van der Waals surface area contributed by atoms with Gasteiger partial charge < -0.3 is 19.3 Å². The lowest BCUT2D eigenvalue weighted by atomic mass is 10.2. The Morgan fingerprint density at radius 2 is 2.00 bits per heavy atom. The minimum absolute atomic E-state index is 0.198. The third kappa shape index (κ3) is 3.56. The Balaban J connectivity index is 2.26. The molecule has 0 bridgehead atoms. The number of benzene rings is 1. The van der Waals surface area contributed by atoms with Gasteiger partial charge in [-0.15, -0.1) is 10.2 Å².